The second kappa shape index (κ2) is 13.8. The molecule has 45 heavy (non-hydrogen) atoms. The molecule has 0 aliphatic carbocycles. The second-order valence-corrected chi connectivity index (χ2v) is 10.8. The van der Waals surface area contributed by atoms with Crippen molar-refractivity contribution in [1.82, 2.24) is 25.9 Å². The fourth-order valence-electron chi connectivity index (χ4n) is 5.24. The minimum absolute atomic E-state index is 0.0249. The van der Waals surface area contributed by atoms with Crippen molar-refractivity contribution in [1.29, 1.82) is 0 Å². The number of carbonyl (C=O) groups excluding carboxylic acids is 3. The van der Waals surface area contributed by atoms with E-state index >= 15 is 0 Å². The number of hydrogen-bond acceptors (Lipinski definition) is 6. The summed E-state index contributed by atoms with van der Waals surface area (Å²) >= 11 is 0. The third-order valence-corrected chi connectivity index (χ3v) is 7.62. The lowest BCUT2D eigenvalue weighted by atomic mass is 10.0. The van der Waals surface area contributed by atoms with Gasteiger partial charge in [0.2, 0.25) is 17.7 Å². The molecule has 2 heterocycles. The van der Waals surface area contributed by atoms with Crippen molar-refractivity contribution < 1.29 is 29.4 Å². The Morgan fingerprint density at radius 1 is 0.711 bits per heavy atom. The molecule has 9 N–H and O–H groups in total. The number of aromatic hydroxyl groups is 1. The normalized spacial score (nSPS) is 13.2. The predicted molar refractivity (Wildman–Crippen MR) is 168 cm³/mol. The molecule has 5 aromatic rings. The number of carboxylic acids is 1. The number of fused-ring (bicyclic) bond motifs is 2. The first kappa shape index (κ1) is 30.8. The quantitative estimate of drug-likeness (QED) is 0.0994. The third kappa shape index (κ3) is 7.67. The number of amides is 3. The lowest BCUT2D eigenvalue weighted by Gasteiger charge is -2.21. The lowest BCUT2D eigenvalue weighted by Crippen LogP contribution is -2.54. The first-order chi connectivity index (χ1) is 21.7. The molecule has 232 valence electrons. The van der Waals surface area contributed by atoms with Gasteiger partial charge in [-0.25, -0.2) is 4.79 Å². The van der Waals surface area contributed by atoms with Crippen molar-refractivity contribution in [2.75, 3.05) is 6.54 Å². The van der Waals surface area contributed by atoms with Gasteiger partial charge in [0.25, 0.3) is 0 Å². The summed E-state index contributed by atoms with van der Waals surface area (Å²) in [5.74, 6) is -3.11. The number of carbonyl (C=O) groups is 4. The van der Waals surface area contributed by atoms with E-state index in [1.54, 1.807) is 24.5 Å². The molecular formula is C33H34N6O6. The zero-order valence-corrected chi connectivity index (χ0v) is 24.2. The first-order valence-corrected chi connectivity index (χ1v) is 14.4. The van der Waals surface area contributed by atoms with Crippen LogP contribution < -0.4 is 21.7 Å². The average molecular weight is 611 g/mol. The number of phenolic OH excluding ortho intramolecular Hbond substituents is 1. The number of carboxylic acid groups (broad SMARTS) is 1. The number of benzene rings is 3. The Morgan fingerprint density at radius 3 is 1.89 bits per heavy atom. The van der Waals surface area contributed by atoms with Gasteiger partial charge in [0.05, 0.1) is 12.6 Å². The molecule has 3 atom stereocenters. The van der Waals surface area contributed by atoms with Gasteiger partial charge in [-0.05, 0) is 47.4 Å². The minimum atomic E-state index is -1.26. The molecule has 0 aliphatic rings. The molecule has 12 nitrogen and oxygen atoms in total. The summed E-state index contributed by atoms with van der Waals surface area (Å²) in [5, 5.41) is 28.6. The molecule has 0 bridgehead atoms. The third-order valence-electron chi connectivity index (χ3n) is 7.62. The van der Waals surface area contributed by atoms with Crippen LogP contribution in [0.25, 0.3) is 21.8 Å². The Kier molecular flexibility index (Phi) is 9.44. The van der Waals surface area contributed by atoms with E-state index in [0.29, 0.717) is 5.56 Å². The summed E-state index contributed by atoms with van der Waals surface area (Å²) in [4.78, 5) is 57.5. The van der Waals surface area contributed by atoms with Crippen molar-refractivity contribution >= 4 is 45.5 Å². The fraction of sp³-hybridized carbons (Fsp3) is 0.212. The van der Waals surface area contributed by atoms with Gasteiger partial charge in [0.15, 0.2) is 0 Å². The number of nitrogens with one attached hydrogen (secondary N) is 5. The number of H-pyrrole nitrogens is 2. The minimum Gasteiger partial charge on any atom is -0.508 e. The molecule has 3 aromatic carbocycles. The molecule has 0 aliphatic heterocycles. The summed E-state index contributed by atoms with van der Waals surface area (Å²) in [6, 6.07) is 17.9. The van der Waals surface area contributed by atoms with Crippen molar-refractivity contribution in [3.63, 3.8) is 0 Å². The van der Waals surface area contributed by atoms with Crippen LogP contribution in [-0.4, -0.2) is 68.5 Å². The highest BCUT2D eigenvalue weighted by molar-refractivity contribution is 5.94. The van der Waals surface area contributed by atoms with Crippen molar-refractivity contribution in [2.24, 2.45) is 5.73 Å². The number of aromatic amines is 2. The predicted octanol–water partition coefficient (Wildman–Crippen LogP) is 1.88. The highest BCUT2D eigenvalue weighted by Crippen LogP contribution is 2.21. The van der Waals surface area contributed by atoms with Crippen LogP contribution in [0.15, 0.2) is 85.2 Å². The molecule has 0 fully saturated rings. The Labute approximate surface area is 258 Å². The Balaban J connectivity index is 1.25. The van der Waals surface area contributed by atoms with Crippen LogP contribution in [0, 0.1) is 0 Å². The van der Waals surface area contributed by atoms with Gasteiger partial charge >= 0.3 is 5.97 Å². The topological polar surface area (TPSA) is 202 Å². The smallest absolute Gasteiger partial charge is 0.326 e. The molecular weight excluding hydrogens is 576 g/mol. The zero-order valence-electron chi connectivity index (χ0n) is 24.2. The van der Waals surface area contributed by atoms with E-state index in [0.717, 1.165) is 32.9 Å². The van der Waals surface area contributed by atoms with Crippen molar-refractivity contribution in [3.8, 4) is 5.75 Å². The summed E-state index contributed by atoms with van der Waals surface area (Å²) in [6.45, 7) is -0.514. The van der Waals surface area contributed by atoms with Gasteiger partial charge in [-0.2, -0.15) is 0 Å². The lowest BCUT2D eigenvalue weighted by molar-refractivity contribution is -0.141. The zero-order chi connectivity index (χ0) is 31.9. The number of aliphatic carboxylic acids is 1. The molecule has 0 saturated heterocycles. The molecule has 0 radical (unpaired) electrons. The number of hydrogen-bond donors (Lipinski definition) is 8. The maximum absolute atomic E-state index is 13.4. The van der Waals surface area contributed by atoms with Crippen LogP contribution in [-0.2, 0) is 38.4 Å². The SMILES string of the molecule is NC(Cc1c[nH]c2ccccc12)C(=O)NC(Cc1c[nH]c2ccccc12)C(=O)NCC(=O)NC(Cc1ccc(O)cc1)C(=O)O. The van der Waals surface area contributed by atoms with Gasteiger partial charge in [-0.1, -0.05) is 48.5 Å². The number of nitrogens with two attached hydrogens (primary N) is 1. The summed E-state index contributed by atoms with van der Waals surface area (Å²) in [5.41, 5.74) is 10.3. The molecule has 5 rings (SSSR count). The molecule has 0 spiro atoms. The Morgan fingerprint density at radius 2 is 1.29 bits per heavy atom. The maximum atomic E-state index is 13.4. The first-order valence-electron chi connectivity index (χ1n) is 14.4. The number of para-hydroxylation sites is 2. The van der Waals surface area contributed by atoms with Gasteiger partial charge in [-0.15, -0.1) is 0 Å². The van der Waals surface area contributed by atoms with Crippen LogP contribution in [0.3, 0.4) is 0 Å². The second-order valence-electron chi connectivity index (χ2n) is 10.8. The highest BCUT2D eigenvalue weighted by atomic mass is 16.4. The van der Waals surface area contributed by atoms with Crippen molar-refractivity contribution in [3.05, 3.63) is 102 Å². The van der Waals surface area contributed by atoms with E-state index in [-0.39, 0.29) is 25.0 Å². The largest absolute Gasteiger partial charge is 0.508 e. The molecule has 2 aromatic heterocycles. The maximum Gasteiger partial charge on any atom is 0.326 e. The monoisotopic (exact) mass is 610 g/mol. The molecule has 12 heteroatoms. The molecule has 3 unspecified atom stereocenters. The number of rotatable bonds is 13. The highest BCUT2D eigenvalue weighted by Gasteiger charge is 2.27. The Bertz CT molecular complexity index is 1830. The summed E-state index contributed by atoms with van der Waals surface area (Å²) in [7, 11) is 0. The fourth-order valence-corrected chi connectivity index (χ4v) is 5.24. The van der Waals surface area contributed by atoms with E-state index in [1.807, 2.05) is 48.5 Å². The Hall–Kier alpha value is -5.62. The summed E-state index contributed by atoms with van der Waals surface area (Å²) < 4.78 is 0. The molecule has 3 amide bonds. The van der Waals surface area contributed by atoms with Gasteiger partial charge in [0, 0.05) is 47.0 Å². The molecule has 0 saturated carbocycles. The summed E-state index contributed by atoms with van der Waals surface area (Å²) in [6.07, 6.45) is 3.89. The van der Waals surface area contributed by atoms with E-state index < -0.39 is 48.4 Å². The standard InChI is InChI=1S/C33H34N6O6/c34-25(14-20-16-35-26-7-3-1-5-23(20)26)31(42)39-28(15-21-17-36-27-8-4-2-6-24(21)27)32(43)37-18-30(41)38-29(33(44)45)13-19-9-11-22(40)12-10-19/h1-12,16-17,25,28-29,35-36,40H,13-15,18,34H2,(H,37,43)(H,38,41)(H,39,42)(H,44,45). The van der Waals surface area contributed by atoms with Crippen LogP contribution in [0.4, 0.5) is 0 Å². The van der Waals surface area contributed by atoms with Gasteiger partial charge in [-0.3, -0.25) is 14.4 Å². The van der Waals surface area contributed by atoms with Crippen LogP contribution >= 0.6 is 0 Å². The number of phenols is 1. The number of aromatic nitrogens is 2. The van der Waals surface area contributed by atoms with E-state index in [9.17, 15) is 29.4 Å². The van der Waals surface area contributed by atoms with Crippen LogP contribution in [0.1, 0.15) is 16.7 Å². The van der Waals surface area contributed by atoms with E-state index in [2.05, 4.69) is 25.9 Å². The van der Waals surface area contributed by atoms with E-state index in [1.165, 1.54) is 12.1 Å². The average Bonchev–Trinajstić information content (AvgIpc) is 3.64. The van der Waals surface area contributed by atoms with Gasteiger partial charge < -0.3 is 41.9 Å². The van der Waals surface area contributed by atoms with Gasteiger partial charge in [0.1, 0.15) is 17.8 Å². The van der Waals surface area contributed by atoms with Crippen molar-refractivity contribution in [2.45, 2.75) is 37.4 Å². The van der Waals surface area contributed by atoms with E-state index in [4.69, 9.17) is 5.73 Å². The van der Waals surface area contributed by atoms with Crippen LogP contribution in [0.2, 0.25) is 0 Å². The van der Waals surface area contributed by atoms with Crippen LogP contribution in [0.5, 0.6) is 5.75 Å².